The first-order valence-electron chi connectivity index (χ1n) is 5.43. The van der Waals surface area contributed by atoms with Crippen LogP contribution in [0, 0.1) is 11.8 Å². The lowest BCUT2D eigenvalue weighted by molar-refractivity contribution is -0.145. The third-order valence-corrected chi connectivity index (χ3v) is 2.89. The zero-order chi connectivity index (χ0) is 10.6. The van der Waals surface area contributed by atoms with Gasteiger partial charge >= 0.3 is 5.97 Å². The number of halogens is 1. The Bertz CT molecular complexity index is 194. The Balaban J connectivity index is 2.37. The average Bonchev–Trinajstić information content (AvgIpc) is 2.12. The van der Waals surface area contributed by atoms with Crippen molar-refractivity contribution in [3.8, 4) is 0 Å². The molecule has 0 heterocycles. The number of alkyl halides is 1. The van der Waals surface area contributed by atoms with E-state index >= 15 is 0 Å². The molecule has 0 amide bonds. The lowest BCUT2D eigenvalue weighted by Crippen LogP contribution is -2.27. The molecule has 82 valence electrons. The molecule has 0 aromatic heterocycles. The standard InChI is InChI=1S/C11H19FO2/c1-3-14-11(13)7-9-6-8(2)4-5-10(9)12/h8-10H,3-7H2,1-2H3. The molecule has 3 unspecified atom stereocenters. The summed E-state index contributed by atoms with van der Waals surface area (Å²) >= 11 is 0. The van der Waals surface area contributed by atoms with Crippen LogP contribution in [0.1, 0.15) is 39.5 Å². The van der Waals surface area contributed by atoms with Gasteiger partial charge in [-0.25, -0.2) is 4.39 Å². The van der Waals surface area contributed by atoms with Crippen molar-refractivity contribution in [1.29, 1.82) is 0 Å². The number of rotatable bonds is 3. The van der Waals surface area contributed by atoms with Crippen molar-refractivity contribution in [3.05, 3.63) is 0 Å². The third kappa shape index (κ3) is 3.28. The van der Waals surface area contributed by atoms with Crippen LogP contribution in [0.4, 0.5) is 4.39 Å². The third-order valence-electron chi connectivity index (χ3n) is 2.89. The zero-order valence-corrected chi connectivity index (χ0v) is 8.96. The number of carbonyl (C=O) groups is 1. The van der Waals surface area contributed by atoms with Gasteiger partial charge in [0.15, 0.2) is 0 Å². The summed E-state index contributed by atoms with van der Waals surface area (Å²) in [5.74, 6) is 0.175. The van der Waals surface area contributed by atoms with E-state index in [0.717, 1.165) is 12.8 Å². The molecule has 3 atom stereocenters. The van der Waals surface area contributed by atoms with Crippen LogP contribution < -0.4 is 0 Å². The Labute approximate surface area is 84.8 Å². The highest BCUT2D eigenvalue weighted by atomic mass is 19.1. The topological polar surface area (TPSA) is 26.3 Å². The molecule has 0 aliphatic heterocycles. The van der Waals surface area contributed by atoms with Crippen molar-refractivity contribution < 1.29 is 13.9 Å². The molecule has 0 N–H and O–H groups in total. The van der Waals surface area contributed by atoms with Gasteiger partial charge < -0.3 is 4.74 Å². The largest absolute Gasteiger partial charge is 0.466 e. The van der Waals surface area contributed by atoms with E-state index in [1.807, 2.05) is 0 Å². The summed E-state index contributed by atoms with van der Waals surface area (Å²) in [6.45, 7) is 4.27. The van der Waals surface area contributed by atoms with E-state index in [2.05, 4.69) is 6.92 Å². The van der Waals surface area contributed by atoms with Crippen LogP contribution in [0.3, 0.4) is 0 Å². The molecular weight excluding hydrogens is 183 g/mol. The van der Waals surface area contributed by atoms with Crippen molar-refractivity contribution in [1.82, 2.24) is 0 Å². The van der Waals surface area contributed by atoms with Gasteiger partial charge in [0.05, 0.1) is 13.0 Å². The molecule has 1 fully saturated rings. The molecule has 2 nitrogen and oxygen atoms in total. The molecule has 0 aromatic rings. The van der Waals surface area contributed by atoms with Crippen molar-refractivity contribution in [2.24, 2.45) is 11.8 Å². The van der Waals surface area contributed by atoms with E-state index in [0.29, 0.717) is 18.9 Å². The summed E-state index contributed by atoms with van der Waals surface area (Å²) < 4.78 is 18.2. The minimum absolute atomic E-state index is 0.113. The van der Waals surface area contributed by atoms with E-state index in [4.69, 9.17) is 4.74 Å². The molecule has 0 spiro atoms. The summed E-state index contributed by atoms with van der Waals surface area (Å²) in [6, 6.07) is 0. The van der Waals surface area contributed by atoms with Crippen molar-refractivity contribution in [2.45, 2.75) is 45.7 Å². The molecule has 1 aliphatic rings. The second-order valence-corrected chi connectivity index (χ2v) is 4.20. The van der Waals surface area contributed by atoms with Gasteiger partial charge in [0, 0.05) is 5.92 Å². The fraction of sp³-hybridized carbons (Fsp3) is 0.909. The fourth-order valence-electron chi connectivity index (χ4n) is 2.11. The highest BCUT2D eigenvalue weighted by Crippen LogP contribution is 2.33. The highest BCUT2D eigenvalue weighted by Gasteiger charge is 2.30. The van der Waals surface area contributed by atoms with Crippen molar-refractivity contribution >= 4 is 5.97 Å². The summed E-state index contributed by atoms with van der Waals surface area (Å²) in [5.41, 5.74) is 0. The summed E-state index contributed by atoms with van der Waals surface area (Å²) in [7, 11) is 0. The first-order chi connectivity index (χ1) is 6.63. The Kier molecular flexibility index (Phi) is 4.36. The number of esters is 1. The van der Waals surface area contributed by atoms with Gasteiger partial charge in [-0.05, 0) is 32.1 Å². The molecule has 14 heavy (non-hydrogen) atoms. The molecule has 0 bridgehead atoms. The first-order valence-corrected chi connectivity index (χ1v) is 5.43. The van der Waals surface area contributed by atoms with E-state index in [1.54, 1.807) is 6.92 Å². The van der Waals surface area contributed by atoms with Crippen LogP contribution in [-0.4, -0.2) is 18.7 Å². The van der Waals surface area contributed by atoms with Gasteiger partial charge in [-0.3, -0.25) is 4.79 Å². The van der Waals surface area contributed by atoms with Crippen molar-refractivity contribution in [3.63, 3.8) is 0 Å². The smallest absolute Gasteiger partial charge is 0.306 e. The van der Waals surface area contributed by atoms with Crippen LogP contribution >= 0.6 is 0 Å². The second-order valence-electron chi connectivity index (χ2n) is 4.20. The summed E-state index contributed by atoms with van der Waals surface area (Å²) in [4.78, 5) is 11.2. The zero-order valence-electron chi connectivity index (χ0n) is 8.96. The predicted molar refractivity (Wildman–Crippen MR) is 52.7 cm³/mol. The summed E-state index contributed by atoms with van der Waals surface area (Å²) in [5, 5.41) is 0. The van der Waals surface area contributed by atoms with Gasteiger partial charge in [-0.1, -0.05) is 6.92 Å². The van der Waals surface area contributed by atoms with Crippen LogP contribution in [0.2, 0.25) is 0 Å². The van der Waals surface area contributed by atoms with E-state index in [1.165, 1.54) is 0 Å². The Morgan fingerprint density at radius 1 is 1.50 bits per heavy atom. The van der Waals surface area contributed by atoms with Crippen LogP contribution in [0.5, 0.6) is 0 Å². The van der Waals surface area contributed by atoms with E-state index < -0.39 is 6.17 Å². The normalized spacial score (nSPS) is 32.6. The Hall–Kier alpha value is -0.600. The Morgan fingerprint density at radius 3 is 2.86 bits per heavy atom. The monoisotopic (exact) mass is 202 g/mol. The van der Waals surface area contributed by atoms with Gasteiger partial charge in [-0.15, -0.1) is 0 Å². The maximum atomic E-state index is 13.4. The lowest BCUT2D eigenvalue weighted by Gasteiger charge is -2.29. The fourth-order valence-corrected chi connectivity index (χ4v) is 2.11. The van der Waals surface area contributed by atoms with Crippen molar-refractivity contribution in [2.75, 3.05) is 6.61 Å². The van der Waals surface area contributed by atoms with Gasteiger partial charge in [0.25, 0.3) is 0 Å². The quantitative estimate of drug-likeness (QED) is 0.658. The minimum Gasteiger partial charge on any atom is -0.466 e. The van der Waals surface area contributed by atoms with E-state index in [-0.39, 0.29) is 18.3 Å². The molecule has 0 radical (unpaired) electrons. The van der Waals surface area contributed by atoms with Gasteiger partial charge in [-0.2, -0.15) is 0 Å². The summed E-state index contributed by atoms with van der Waals surface area (Å²) in [6.07, 6.45) is 1.81. The minimum atomic E-state index is -0.810. The first kappa shape index (κ1) is 11.5. The van der Waals surface area contributed by atoms with Gasteiger partial charge in [0.1, 0.15) is 6.17 Å². The molecule has 3 heteroatoms. The Morgan fingerprint density at radius 2 is 2.21 bits per heavy atom. The van der Waals surface area contributed by atoms with Crippen LogP contribution in [0.25, 0.3) is 0 Å². The average molecular weight is 202 g/mol. The number of ether oxygens (including phenoxy) is 1. The number of hydrogen-bond acceptors (Lipinski definition) is 2. The maximum Gasteiger partial charge on any atom is 0.306 e. The molecule has 1 aliphatic carbocycles. The number of carbonyl (C=O) groups excluding carboxylic acids is 1. The second kappa shape index (κ2) is 5.32. The lowest BCUT2D eigenvalue weighted by atomic mass is 9.79. The molecule has 1 rings (SSSR count). The number of hydrogen-bond donors (Lipinski definition) is 0. The predicted octanol–water partition coefficient (Wildman–Crippen LogP) is 2.71. The van der Waals surface area contributed by atoms with Crippen LogP contribution in [-0.2, 0) is 9.53 Å². The van der Waals surface area contributed by atoms with Gasteiger partial charge in [0.2, 0.25) is 0 Å². The van der Waals surface area contributed by atoms with E-state index in [9.17, 15) is 9.18 Å². The maximum absolute atomic E-state index is 13.4. The SMILES string of the molecule is CCOC(=O)CC1CC(C)CCC1F. The molecule has 1 saturated carbocycles. The molecule has 0 aromatic carbocycles. The highest BCUT2D eigenvalue weighted by molar-refractivity contribution is 5.69. The molecular formula is C11H19FO2. The van der Waals surface area contributed by atoms with Crippen LogP contribution in [0.15, 0.2) is 0 Å². The molecule has 0 saturated heterocycles.